The summed E-state index contributed by atoms with van der Waals surface area (Å²) in [6.45, 7) is 0. The molecule has 3 rings (SSSR count). The zero-order valence-corrected chi connectivity index (χ0v) is 18.4. The van der Waals surface area contributed by atoms with Crippen molar-refractivity contribution >= 4 is 25.9 Å². The smallest absolute Gasteiger partial charge is 0.279 e. The van der Waals surface area contributed by atoms with Gasteiger partial charge in [-0.2, -0.15) is 17.4 Å². The fourth-order valence-electron chi connectivity index (χ4n) is 3.70. The van der Waals surface area contributed by atoms with Crippen molar-refractivity contribution in [3.05, 3.63) is 54.1 Å². The van der Waals surface area contributed by atoms with Crippen molar-refractivity contribution in [3.8, 4) is 11.1 Å². The second-order valence-electron chi connectivity index (χ2n) is 7.63. The largest absolute Gasteiger partial charge is 0.284 e. The molecule has 2 unspecified atom stereocenters. The first-order chi connectivity index (χ1) is 13.5. The van der Waals surface area contributed by atoms with E-state index in [-0.39, 0.29) is 12.0 Å². The highest BCUT2D eigenvalue weighted by atomic mass is 32.2. The van der Waals surface area contributed by atoms with Crippen LogP contribution in [0.2, 0.25) is 0 Å². The van der Waals surface area contributed by atoms with Gasteiger partial charge in [-0.15, -0.1) is 0 Å². The van der Waals surface area contributed by atoms with Crippen molar-refractivity contribution in [1.29, 1.82) is 0 Å². The molecule has 2 aromatic rings. The van der Waals surface area contributed by atoms with E-state index in [1.54, 1.807) is 18.2 Å². The van der Waals surface area contributed by atoms with Crippen LogP contribution < -0.4 is 9.44 Å². The van der Waals surface area contributed by atoms with Gasteiger partial charge in [0.2, 0.25) is 10.0 Å². The molecule has 1 aliphatic carbocycles. The molecule has 1 saturated carbocycles. The van der Waals surface area contributed by atoms with Crippen molar-refractivity contribution < 1.29 is 16.8 Å². The topological polar surface area (TPSA) is 95.6 Å². The van der Waals surface area contributed by atoms with Crippen molar-refractivity contribution in [2.45, 2.75) is 31.2 Å². The van der Waals surface area contributed by atoms with Gasteiger partial charge in [0.25, 0.3) is 10.2 Å². The van der Waals surface area contributed by atoms with E-state index in [9.17, 15) is 16.8 Å². The number of rotatable bonds is 7. The van der Waals surface area contributed by atoms with Crippen LogP contribution in [0.5, 0.6) is 0 Å². The van der Waals surface area contributed by atoms with Crippen LogP contribution in [0.15, 0.2) is 48.5 Å². The molecule has 1 aliphatic rings. The van der Waals surface area contributed by atoms with E-state index in [0.29, 0.717) is 5.69 Å². The van der Waals surface area contributed by atoms with E-state index >= 15 is 0 Å². The fraction of sp³-hybridized carbons (Fsp3) is 0.400. The minimum absolute atomic E-state index is 0.115. The van der Waals surface area contributed by atoms with Gasteiger partial charge in [-0.05, 0) is 41.7 Å². The van der Waals surface area contributed by atoms with Crippen LogP contribution in [0.25, 0.3) is 11.1 Å². The van der Waals surface area contributed by atoms with Gasteiger partial charge in [-0.25, -0.2) is 8.42 Å². The monoisotopic (exact) mass is 437 g/mol. The van der Waals surface area contributed by atoms with E-state index in [2.05, 4.69) is 9.44 Å². The minimum atomic E-state index is -3.47. The number of hydrogen-bond acceptors (Lipinski definition) is 4. The zero-order valence-electron chi connectivity index (χ0n) is 16.8. The highest BCUT2D eigenvalue weighted by Gasteiger charge is 2.32. The lowest BCUT2D eigenvalue weighted by Gasteiger charge is -2.23. The summed E-state index contributed by atoms with van der Waals surface area (Å²) in [5.74, 6) is 0.136. The van der Waals surface area contributed by atoms with Gasteiger partial charge >= 0.3 is 0 Å². The fourth-order valence-corrected chi connectivity index (χ4v) is 5.13. The molecule has 2 atom stereocenters. The van der Waals surface area contributed by atoms with E-state index in [1.807, 2.05) is 30.3 Å². The molecular formula is C20H27N3O4S2. The molecule has 2 aromatic carbocycles. The van der Waals surface area contributed by atoms with Gasteiger partial charge in [0.05, 0.1) is 6.26 Å². The summed E-state index contributed by atoms with van der Waals surface area (Å²) < 4.78 is 53.8. The second kappa shape index (κ2) is 8.43. The molecule has 29 heavy (non-hydrogen) atoms. The lowest BCUT2D eigenvalue weighted by molar-refractivity contribution is 0.474. The van der Waals surface area contributed by atoms with Gasteiger partial charge in [-0.3, -0.25) is 4.72 Å². The molecule has 7 nitrogen and oxygen atoms in total. The molecule has 0 saturated heterocycles. The third kappa shape index (κ3) is 5.57. The van der Waals surface area contributed by atoms with Crippen LogP contribution in [-0.4, -0.2) is 47.5 Å². The molecule has 0 amide bonds. The lowest BCUT2D eigenvalue weighted by Crippen LogP contribution is -2.43. The van der Waals surface area contributed by atoms with Gasteiger partial charge in [0.1, 0.15) is 0 Å². The molecule has 9 heteroatoms. The number of nitrogens with zero attached hydrogens (tertiary/aromatic N) is 1. The van der Waals surface area contributed by atoms with Crippen LogP contribution in [0.4, 0.5) is 5.69 Å². The predicted octanol–water partition coefficient (Wildman–Crippen LogP) is 2.76. The number of hydrogen-bond donors (Lipinski definition) is 2. The zero-order chi connectivity index (χ0) is 21.2. The normalized spacial score (nSPS) is 20.1. The highest BCUT2D eigenvalue weighted by Crippen LogP contribution is 2.36. The Morgan fingerprint density at radius 2 is 1.62 bits per heavy atom. The predicted molar refractivity (Wildman–Crippen MR) is 116 cm³/mol. The van der Waals surface area contributed by atoms with E-state index in [0.717, 1.165) is 42.2 Å². The standard InChI is InChI=1S/C20H27N3O4S2/c1-23(2)29(26,27)22-20-9-5-8-19(20)16-12-10-15(11-13-16)17-6-4-7-18(14-17)21-28(3,24)25/h4,6-7,10-14,19-22H,5,8-9H2,1-3H3. The van der Waals surface area contributed by atoms with Crippen molar-refractivity contribution in [2.24, 2.45) is 0 Å². The maximum absolute atomic E-state index is 12.2. The quantitative estimate of drug-likeness (QED) is 0.696. The first-order valence-electron chi connectivity index (χ1n) is 9.43. The average Bonchev–Trinajstić information content (AvgIpc) is 3.08. The number of sulfonamides is 1. The average molecular weight is 438 g/mol. The van der Waals surface area contributed by atoms with Crippen LogP contribution >= 0.6 is 0 Å². The Bertz CT molecular complexity index is 1070. The molecule has 158 valence electrons. The molecule has 0 radical (unpaired) electrons. The Hall–Kier alpha value is -1.94. The van der Waals surface area contributed by atoms with Crippen molar-refractivity contribution in [2.75, 3.05) is 25.1 Å². The van der Waals surface area contributed by atoms with Crippen LogP contribution in [0.3, 0.4) is 0 Å². The van der Waals surface area contributed by atoms with Gasteiger partial charge in [-0.1, -0.05) is 42.8 Å². The van der Waals surface area contributed by atoms with Crippen molar-refractivity contribution in [1.82, 2.24) is 9.03 Å². The Morgan fingerprint density at radius 3 is 2.24 bits per heavy atom. The minimum Gasteiger partial charge on any atom is -0.284 e. The molecule has 0 heterocycles. The lowest BCUT2D eigenvalue weighted by atomic mass is 9.93. The Kier molecular flexibility index (Phi) is 6.33. The van der Waals surface area contributed by atoms with Crippen LogP contribution in [-0.2, 0) is 20.2 Å². The summed E-state index contributed by atoms with van der Waals surface area (Å²) in [5.41, 5.74) is 3.49. The first-order valence-corrected chi connectivity index (χ1v) is 12.8. The third-order valence-electron chi connectivity index (χ3n) is 5.13. The summed E-state index contributed by atoms with van der Waals surface area (Å²) in [5, 5.41) is 0. The summed E-state index contributed by atoms with van der Waals surface area (Å²) in [6.07, 6.45) is 3.86. The van der Waals surface area contributed by atoms with Crippen molar-refractivity contribution in [3.63, 3.8) is 0 Å². The highest BCUT2D eigenvalue weighted by molar-refractivity contribution is 7.92. The van der Waals surface area contributed by atoms with Crippen LogP contribution in [0.1, 0.15) is 30.7 Å². The van der Waals surface area contributed by atoms with E-state index in [4.69, 9.17) is 0 Å². The maximum atomic E-state index is 12.2. The molecular weight excluding hydrogens is 410 g/mol. The number of benzene rings is 2. The SMILES string of the molecule is CN(C)S(=O)(=O)NC1CCCC1c1ccc(-c2cccc(NS(C)(=O)=O)c2)cc1. The number of nitrogens with one attached hydrogen (secondary N) is 2. The van der Waals surface area contributed by atoms with Gasteiger partial charge in [0.15, 0.2) is 0 Å². The molecule has 0 aromatic heterocycles. The number of anilines is 1. The second-order valence-corrected chi connectivity index (χ2v) is 11.3. The summed E-state index contributed by atoms with van der Waals surface area (Å²) in [7, 11) is -3.75. The first kappa shape index (κ1) is 21.8. The molecule has 2 N–H and O–H groups in total. The van der Waals surface area contributed by atoms with E-state index < -0.39 is 20.2 Å². The summed E-state index contributed by atoms with van der Waals surface area (Å²) >= 11 is 0. The molecule has 1 fully saturated rings. The molecule has 0 spiro atoms. The molecule has 0 bridgehead atoms. The van der Waals surface area contributed by atoms with Gasteiger partial charge in [0, 0.05) is 31.7 Å². The van der Waals surface area contributed by atoms with E-state index in [1.165, 1.54) is 18.4 Å². The Balaban J connectivity index is 1.79. The van der Waals surface area contributed by atoms with Crippen LogP contribution in [0, 0.1) is 0 Å². The molecule has 0 aliphatic heterocycles. The summed E-state index contributed by atoms with van der Waals surface area (Å²) in [6, 6.07) is 15.1. The van der Waals surface area contributed by atoms with Gasteiger partial charge < -0.3 is 0 Å². The third-order valence-corrected chi connectivity index (χ3v) is 7.30. The Morgan fingerprint density at radius 1 is 0.931 bits per heavy atom. The maximum Gasteiger partial charge on any atom is 0.279 e. The summed E-state index contributed by atoms with van der Waals surface area (Å²) in [4.78, 5) is 0. The Labute approximate surface area is 173 Å².